The van der Waals surface area contributed by atoms with Crippen molar-refractivity contribution in [2.24, 2.45) is 0 Å². The average Bonchev–Trinajstić information content (AvgIpc) is 3.14. The lowest BCUT2D eigenvalue weighted by Crippen LogP contribution is -2.24. The van der Waals surface area contributed by atoms with Crippen LogP contribution in [0.25, 0.3) is 0 Å². The number of methoxy groups -OCH3 is 1. The highest BCUT2D eigenvalue weighted by atomic mass is 32.2. The van der Waals surface area contributed by atoms with E-state index in [4.69, 9.17) is 9.47 Å². The molecule has 0 fully saturated rings. The molecule has 0 spiro atoms. The Morgan fingerprint density at radius 1 is 0.963 bits per heavy atom. The maximum atomic E-state index is 12.6. The Morgan fingerprint density at radius 3 is 2.41 bits per heavy atom. The quantitative estimate of drug-likeness (QED) is 0.669. The van der Waals surface area contributed by atoms with Crippen molar-refractivity contribution in [3.63, 3.8) is 0 Å². The van der Waals surface area contributed by atoms with Gasteiger partial charge in [0.05, 0.1) is 12.4 Å². The second-order valence-electron chi connectivity index (χ2n) is 6.18. The standard InChI is InChI=1S/C22H19NO3S/c1-25-18-7-3-4-8-19(18)26-17-12-10-16(11-13-17)23-22(24)21-14-15-6-2-5-9-20(15)27-21/h2-13,21H,14H2,1H3,(H,23,24)/t21-/m0/s1. The van der Waals surface area contributed by atoms with Gasteiger partial charge in [-0.1, -0.05) is 30.3 Å². The van der Waals surface area contributed by atoms with E-state index in [2.05, 4.69) is 17.4 Å². The van der Waals surface area contributed by atoms with Crippen molar-refractivity contribution in [2.75, 3.05) is 12.4 Å². The molecule has 1 atom stereocenters. The van der Waals surface area contributed by atoms with Crippen molar-refractivity contribution in [3.05, 3.63) is 78.4 Å². The highest BCUT2D eigenvalue weighted by molar-refractivity contribution is 8.01. The van der Waals surface area contributed by atoms with Crippen LogP contribution in [-0.4, -0.2) is 18.3 Å². The normalized spacial score (nSPS) is 15.1. The predicted octanol–water partition coefficient (Wildman–Crippen LogP) is 5.14. The molecule has 3 aromatic carbocycles. The van der Waals surface area contributed by atoms with Crippen LogP contribution in [0.3, 0.4) is 0 Å². The molecule has 0 bridgehead atoms. The fourth-order valence-corrected chi connectivity index (χ4v) is 4.18. The van der Waals surface area contributed by atoms with Crippen LogP contribution in [0.2, 0.25) is 0 Å². The molecule has 0 saturated carbocycles. The van der Waals surface area contributed by atoms with Gasteiger partial charge in [-0.3, -0.25) is 4.79 Å². The molecule has 4 rings (SSSR count). The van der Waals surface area contributed by atoms with Crippen LogP contribution in [0, 0.1) is 0 Å². The molecule has 0 aromatic heterocycles. The van der Waals surface area contributed by atoms with E-state index in [0.717, 1.165) is 12.1 Å². The van der Waals surface area contributed by atoms with Gasteiger partial charge >= 0.3 is 0 Å². The van der Waals surface area contributed by atoms with E-state index in [1.165, 1.54) is 10.5 Å². The molecule has 1 heterocycles. The van der Waals surface area contributed by atoms with E-state index in [1.54, 1.807) is 18.9 Å². The second-order valence-corrected chi connectivity index (χ2v) is 7.43. The highest BCUT2D eigenvalue weighted by Crippen LogP contribution is 2.37. The Labute approximate surface area is 162 Å². The molecule has 0 unspecified atom stereocenters. The number of hydrogen-bond acceptors (Lipinski definition) is 4. The zero-order valence-electron chi connectivity index (χ0n) is 14.8. The number of carbonyl (C=O) groups excluding carboxylic acids is 1. The molecule has 136 valence electrons. The fourth-order valence-electron chi connectivity index (χ4n) is 2.99. The minimum Gasteiger partial charge on any atom is -0.493 e. The third-order valence-electron chi connectivity index (χ3n) is 4.36. The molecule has 5 heteroatoms. The maximum absolute atomic E-state index is 12.6. The van der Waals surface area contributed by atoms with E-state index in [0.29, 0.717) is 17.2 Å². The summed E-state index contributed by atoms with van der Waals surface area (Å²) in [5.74, 6) is 2.03. The van der Waals surface area contributed by atoms with Gasteiger partial charge < -0.3 is 14.8 Å². The van der Waals surface area contributed by atoms with Crippen LogP contribution in [0.15, 0.2) is 77.7 Å². The van der Waals surface area contributed by atoms with E-state index in [1.807, 2.05) is 60.7 Å². The van der Waals surface area contributed by atoms with Crippen molar-refractivity contribution < 1.29 is 14.3 Å². The molecule has 1 aliphatic heterocycles. The summed E-state index contributed by atoms with van der Waals surface area (Å²) in [5.41, 5.74) is 1.99. The first-order chi connectivity index (χ1) is 13.2. The number of hydrogen-bond donors (Lipinski definition) is 1. The van der Waals surface area contributed by atoms with E-state index >= 15 is 0 Å². The summed E-state index contributed by atoms with van der Waals surface area (Å²) >= 11 is 1.62. The number of benzene rings is 3. The fraction of sp³-hybridized carbons (Fsp3) is 0.136. The van der Waals surface area contributed by atoms with Crippen LogP contribution in [0.1, 0.15) is 5.56 Å². The molecule has 4 nitrogen and oxygen atoms in total. The summed E-state index contributed by atoms with van der Waals surface area (Å²) < 4.78 is 11.2. The third kappa shape index (κ3) is 3.93. The molecule has 1 N–H and O–H groups in total. The van der Waals surface area contributed by atoms with Gasteiger partial charge in [0.15, 0.2) is 11.5 Å². The number of amides is 1. The zero-order chi connectivity index (χ0) is 18.6. The van der Waals surface area contributed by atoms with Gasteiger partial charge in [0.25, 0.3) is 0 Å². The molecular weight excluding hydrogens is 358 g/mol. The van der Waals surface area contributed by atoms with Gasteiger partial charge in [0, 0.05) is 10.6 Å². The van der Waals surface area contributed by atoms with Crippen molar-refractivity contribution >= 4 is 23.4 Å². The molecular formula is C22H19NO3S. The SMILES string of the molecule is COc1ccccc1Oc1ccc(NC(=O)[C@@H]2Cc3ccccc3S2)cc1. The molecule has 3 aromatic rings. The highest BCUT2D eigenvalue weighted by Gasteiger charge is 2.27. The van der Waals surface area contributed by atoms with Crippen molar-refractivity contribution in [2.45, 2.75) is 16.6 Å². The largest absolute Gasteiger partial charge is 0.493 e. The van der Waals surface area contributed by atoms with Crippen LogP contribution in [0.4, 0.5) is 5.69 Å². The number of thioether (sulfide) groups is 1. The van der Waals surface area contributed by atoms with Gasteiger partial charge in [-0.15, -0.1) is 11.8 Å². The number of nitrogens with one attached hydrogen (secondary N) is 1. The first kappa shape index (κ1) is 17.5. The number of fused-ring (bicyclic) bond motifs is 1. The maximum Gasteiger partial charge on any atom is 0.238 e. The summed E-state index contributed by atoms with van der Waals surface area (Å²) in [5, 5.41) is 2.90. The Morgan fingerprint density at radius 2 is 1.67 bits per heavy atom. The van der Waals surface area contributed by atoms with E-state index in [9.17, 15) is 4.79 Å². The molecule has 0 aliphatic carbocycles. The van der Waals surface area contributed by atoms with Gasteiger partial charge in [0.2, 0.25) is 5.91 Å². The monoisotopic (exact) mass is 377 g/mol. The zero-order valence-corrected chi connectivity index (χ0v) is 15.7. The van der Waals surface area contributed by atoms with Gasteiger partial charge in [-0.25, -0.2) is 0 Å². The van der Waals surface area contributed by atoms with E-state index < -0.39 is 0 Å². The molecule has 1 amide bonds. The Bertz CT molecular complexity index is 931. The predicted molar refractivity (Wildman–Crippen MR) is 108 cm³/mol. The number of rotatable bonds is 5. The Hall–Kier alpha value is -2.92. The lowest BCUT2D eigenvalue weighted by atomic mass is 10.1. The second kappa shape index (κ2) is 7.76. The summed E-state index contributed by atoms with van der Waals surface area (Å²) in [6.45, 7) is 0. The summed E-state index contributed by atoms with van der Waals surface area (Å²) in [4.78, 5) is 13.8. The van der Waals surface area contributed by atoms with E-state index in [-0.39, 0.29) is 11.2 Å². The number of ether oxygens (including phenoxy) is 2. The van der Waals surface area contributed by atoms with Crippen molar-refractivity contribution in [1.82, 2.24) is 0 Å². The first-order valence-electron chi connectivity index (χ1n) is 8.69. The van der Waals surface area contributed by atoms with Crippen LogP contribution >= 0.6 is 11.8 Å². The smallest absolute Gasteiger partial charge is 0.238 e. The number of anilines is 1. The van der Waals surface area contributed by atoms with Gasteiger partial charge in [-0.05, 0) is 54.4 Å². The molecule has 0 saturated heterocycles. The summed E-state index contributed by atoms with van der Waals surface area (Å²) in [7, 11) is 1.61. The Kier molecular flexibility index (Phi) is 5.03. The molecule has 0 radical (unpaired) electrons. The Balaban J connectivity index is 1.39. The molecule has 27 heavy (non-hydrogen) atoms. The average molecular weight is 377 g/mol. The topological polar surface area (TPSA) is 47.6 Å². The minimum atomic E-state index is -0.0908. The molecule has 1 aliphatic rings. The third-order valence-corrected chi connectivity index (χ3v) is 5.68. The lowest BCUT2D eigenvalue weighted by molar-refractivity contribution is -0.115. The number of para-hydroxylation sites is 2. The van der Waals surface area contributed by atoms with Crippen LogP contribution < -0.4 is 14.8 Å². The van der Waals surface area contributed by atoms with Crippen molar-refractivity contribution in [3.8, 4) is 17.2 Å². The summed E-state index contributed by atoms with van der Waals surface area (Å²) in [6, 6.07) is 23.0. The van der Waals surface area contributed by atoms with Gasteiger partial charge in [-0.2, -0.15) is 0 Å². The van der Waals surface area contributed by atoms with Crippen LogP contribution in [0.5, 0.6) is 17.2 Å². The van der Waals surface area contributed by atoms with Crippen LogP contribution in [-0.2, 0) is 11.2 Å². The summed E-state index contributed by atoms with van der Waals surface area (Å²) in [6.07, 6.45) is 0.766. The first-order valence-corrected chi connectivity index (χ1v) is 9.57. The minimum absolute atomic E-state index is 0.0228. The lowest BCUT2D eigenvalue weighted by Gasteiger charge is -2.12. The van der Waals surface area contributed by atoms with Gasteiger partial charge in [0.1, 0.15) is 5.75 Å². The van der Waals surface area contributed by atoms with Crippen molar-refractivity contribution in [1.29, 1.82) is 0 Å². The number of carbonyl (C=O) groups is 1.